The minimum atomic E-state index is -0.531. The minimum absolute atomic E-state index is 0.0636. The van der Waals surface area contributed by atoms with Crippen LogP contribution in [0.5, 0.6) is 0 Å². The number of rotatable bonds is 2. The molecular formula is C21H17ClN4O2. The molecule has 2 aromatic carbocycles. The molecule has 3 aromatic rings. The summed E-state index contributed by atoms with van der Waals surface area (Å²) in [5.74, 6) is -0.274. The molecule has 1 fully saturated rings. The Morgan fingerprint density at radius 1 is 1.07 bits per heavy atom. The number of fused-ring (bicyclic) bond motifs is 4. The Morgan fingerprint density at radius 2 is 1.86 bits per heavy atom. The third-order valence-corrected chi connectivity index (χ3v) is 5.73. The van der Waals surface area contributed by atoms with Gasteiger partial charge in [-0.25, -0.2) is 5.01 Å². The summed E-state index contributed by atoms with van der Waals surface area (Å²) in [4.78, 5) is 30.8. The van der Waals surface area contributed by atoms with E-state index in [4.69, 9.17) is 11.6 Å². The van der Waals surface area contributed by atoms with Gasteiger partial charge in [0.1, 0.15) is 12.6 Å². The number of carbonyl (C=O) groups excluding carboxylic acids is 2. The number of H-pyrrole nitrogens is 1. The molecule has 7 heteroatoms. The van der Waals surface area contributed by atoms with Gasteiger partial charge >= 0.3 is 0 Å². The number of piperazine rings is 1. The van der Waals surface area contributed by atoms with Crippen molar-refractivity contribution >= 4 is 40.5 Å². The predicted molar refractivity (Wildman–Crippen MR) is 107 cm³/mol. The maximum atomic E-state index is 13.1. The monoisotopic (exact) mass is 392 g/mol. The van der Waals surface area contributed by atoms with Gasteiger partial charge in [0.2, 0.25) is 5.91 Å². The number of amides is 2. The molecule has 3 heterocycles. The fraction of sp³-hybridized carbons (Fsp3) is 0.190. The fourth-order valence-corrected chi connectivity index (χ4v) is 4.15. The highest BCUT2D eigenvalue weighted by atomic mass is 35.5. The summed E-state index contributed by atoms with van der Waals surface area (Å²) in [6.07, 6.45) is 2.02. The van der Waals surface area contributed by atoms with Crippen LogP contribution in [0.4, 0.5) is 0 Å². The number of hydrogen-bond acceptors (Lipinski definition) is 3. The van der Waals surface area contributed by atoms with Crippen LogP contribution in [0.25, 0.3) is 10.9 Å². The molecule has 2 aliphatic heterocycles. The normalized spacial score (nSPS) is 19.4. The molecule has 28 heavy (non-hydrogen) atoms. The summed E-state index contributed by atoms with van der Waals surface area (Å²) >= 11 is 6.14. The van der Waals surface area contributed by atoms with Gasteiger partial charge in [0.05, 0.1) is 12.8 Å². The van der Waals surface area contributed by atoms with E-state index in [1.807, 2.05) is 42.5 Å². The van der Waals surface area contributed by atoms with Gasteiger partial charge in [-0.15, -0.1) is 0 Å². The standard InChI is InChI=1S/C21H17ClN4O2/c22-16-7-3-1-5-13(16)10-23-26-12-20(27)25-11-18-15(9-19(25)21(26)28)14-6-2-4-8-17(14)24-18/h1-8,10,19,24H,9,11-12H2/b23-10-/t19-/m1/s1. The molecule has 0 radical (unpaired) electrons. The highest BCUT2D eigenvalue weighted by Gasteiger charge is 2.43. The number of halogens is 1. The van der Waals surface area contributed by atoms with E-state index < -0.39 is 6.04 Å². The molecule has 5 rings (SSSR count). The van der Waals surface area contributed by atoms with Crippen molar-refractivity contribution in [1.82, 2.24) is 14.9 Å². The number of hydrazone groups is 1. The Bertz CT molecular complexity index is 1140. The first-order valence-electron chi connectivity index (χ1n) is 9.09. The zero-order chi connectivity index (χ0) is 19.3. The predicted octanol–water partition coefficient (Wildman–Crippen LogP) is 2.95. The van der Waals surface area contributed by atoms with Crippen LogP contribution in [0.3, 0.4) is 0 Å². The Labute approximate surface area is 166 Å². The average molecular weight is 393 g/mol. The van der Waals surface area contributed by atoms with Crippen molar-refractivity contribution in [3.8, 4) is 0 Å². The second-order valence-corrected chi connectivity index (χ2v) is 7.44. The van der Waals surface area contributed by atoms with Crippen molar-refractivity contribution in [1.29, 1.82) is 0 Å². The van der Waals surface area contributed by atoms with Crippen LogP contribution in [-0.2, 0) is 22.6 Å². The smallest absolute Gasteiger partial charge is 0.266 e. The number of benzene rings is 2. The van der Waals surface area contributed by atoms with Crippen LogP contribution >= 0.6 is 11.6 Å². The van der Waals surface area contributed by atoms with E-state index in [9.17, 15) is 9.59 Å². The summed E-state index contributed by atoms with van der Waals surface area (Å²) in [5.41, 5.74) is 3.84. The van der Waals surface area contributed by atoms with Gasteiger partial charge in [-0.05, 0) is 17.7 Å². The van der Waals surface area contributed by atoms with Gasteiger partial charge in [0.15, 0.2) is 0 Å². The van der Waals surface area contributed by atoms with Gasteiger partial charge < -0.3 is 9.88 Å². The van der Waals surface area contributed by atoms with E-state index in [0.29, 0.717) is 23.6 Å². The zero-order valence-corrected chi connectivity index (χ0v) is 15.7. The Hall–Kier alpha value is -3.12. The van der Waals surface area contributed by atoms with E-state index in [2.05, 4.69) is 10.1 Å². The second-order valence-electron chi connectivity index (χ2n) is 7.03. The maximum absolute atomic E-state index is 13.1. The van der Waals surface area contributed by atoms with E-state index in [1.54, 1.807) is 11.0 Å². The average Bonchev–Trinajstić information content (AvgIpc) is 3.07. The van der Waals surface area contributed by atoms with Crippen LogP contribution in [-0.4, -0.2) is 45.5 Å². The van der Waals surface area contributed by atoms with Gasteiger partial charge in [0.25, 0.3) is 5.91 Å². The molecule has 2 amide bonds. The van der Waals surface area contributed by atoms with Crippen LogP contribution in [0.15, 0.2) is 53.6 Å². The molecule has 0 saturated carbocycles. The van der Waals surface area contributed by atoms with Gasteiger partial charge in [0, 0.05) is 33.6 Å². The largest absolute Gasteiger partial charge is 0.357 e. The molecular weight excluding hydrogens is 376 g/mol. The molecule has 140 valence electrons. The maximum Gasteiger partial charge on any atom is 0.266 e. The Balaban J connectivity index is 1.46. The van der Waals surface area contributed by atoms with Crippen LogP contribution in [0, 0.1) is 0 Å². The van der Waals surface area contributed by atoms with E-state index in [-0.39, 0.29) is 18.4 Å². The van der Waals surface area contributed by atoms with Crippen LogP contribution in [0.1, 0.15) is 16.8 Å². The van der Waals surface area contributed by atoms with Crippen molar-refractivity contribution in [2.45, 2.75) is 19.0 Å². The minimum Gasteiger partial charge on any atom is -0.357 e. The molecule has 0 bridgehead atoms. The topological polar surface area (TPSA) is 68.8 Å². The number of hydrogen-bond donors (Lipinski definition) is 1. The van der Waals surface area contributed by atoms with Crippen molar-refractivity contribution < 1.29 is 9.59 Å². The summed E-state index contributed by atoms with van der Waals surface area (Å²) in [7, 11) is 0. The summed E-state index contributed by atoms with van der Waals surface area (Å²) in [6, 6.07) is 14.7. The SMILES string of the molecule is O=C1[C@H]2Cc3c([nH]c4ccccc34)CN2C(=O)CN1/N=C\c1ccccc1Cl. The van der Waals surface area contributed by atoms with E-state index in [0.717, 1.165) is 22.2 Å². The number of aromatic nitrogens is 1. The number of carbonyl (C=O) groups is 2. The Kier molecular flexibility index (Phi) is 3.94. The summed E-state index contributed by atoms with van der Waals surface area (Å²) in [5, 5.41) is 7.17. The third kappa shape index (κ3) is 2.68. The quantitative estimate of drug-likeness (QED) is 0.681. The Morgan fingerprint density at radius 3 is 2.71 bits per heavy atom. The molecule has 0 aliphatic carbocycles. The summed E-state index contributed by atoms with van der Waals surface area (Å²) in [6.45, 7) is 0.354. The first-order valence-corrected chi connectivity index (χ1v) is 9.47. The van der Waals surface area contributed by atoms with Gasteiger partial charge in [-0.1, -0.05) is 48.0 Å². The van der Waals surface area contributed by atoms with Crippen LogP contribution in [0.2, 0.25) is 5.02 Å². The first-order chi connectivity index (χ1) is 13.6. The van der Waals surface area contributed by atoms with Crippen molar-refractivity contribution in [2.75, 3.05) is 6.54 Å². The number of para-hydroxylation sites is 1. The van der Waals surface area contributed by atoms with Gasteiger partial charge in [-0.2, -0.15) is 5.10 Å². The van der Waals surface area contributed by atoms with Crippen LogP contribution < -0.4 is 0 Å². The van der Waals surface area contributed by atoms with E-state index in [1.165, 1.54) is 11.2 Å². The molecule has 0 spiro atoms. The highest BCUT2D eigenvalue weighted by Crippen LogP contribution is 2.32. The number of nitrogens with zero attached hydrogens (tertiary/aromatic N) is 3. The molecule has 6 nitrogen and oxygen atoms in total. The molecule has 1 saturated heterocycles. The molecule has 2 aliphatic rings. The first kappa shape index (κ1) is 17.0. The lowest BCUT2D eigenvalue weighted by Gasteiger charge is -2.40. The summed E-state index contributed by atoms with van der Waals surface area (Å²) < 4.78 is 0. The molecule has 1 atom stereocenters. The van der Waals surface area contributed by atoms with Crippen molar-refractivity contribution in [3.63, 3.8) is 0 Å². The lowest BCUT2D eigenvalue weighted by atomic mass is 9.94. The highest BCUT2D eigenvalue weighted by molar-refractivity contribution is 6.33. The number of nitrogens with one attached hydrogen (secondary N) is 1. The molecule has 1 aromatic heterocycles. The number of aromatic amines is 1. The molecule has 0 unspecified atom stereocenters. The van der Waals surface area contributed by atoms with E-state index >= 15 is 0 Å². The zero-order valence-electron chi connectivity index (χ0n) is 14.9. The lowest BCUT2D eigenvalue weighted by Crippen LogP contribution is -2.60. The second kappa shape index (κ2) is 6.49. The molecule has 1 N–H and O–H groups in total. The third-order valence-electron chi connectivity index (χ3n) is 5.39. The van der Waals surface area contributed by atoms with Crippen molar-refractivity contribution in [2.24, 2.45) is 5.10 Å². The van der Waals surface area contributed by atoms with Crippen molar-refractivity contribution in [3.05, 3.63) is 70.4 Å². The van der Waals surface area contributed by atoms with Gasteiger partial charge in [-0.3, -0.25) is 9.59 Å². The fourth-order valence-electron chi connectivity index (χ4n) is 3.97. The lowest BCUT2D eigenvalue weighted by molar-refractivity contribution is -0.157.